The number of fused-ring (bicyclic) bond motifs is 1. The summed E-state index contributed by atoms with van der Waals surface area (Å²) in [4.78, 5) is 2.60. The van der Waals surface area contributed by atoms with E-state index in [2.05, 4.69) is 70.9 Å². The van der Waals surface area contributed by atoms with Crippen LogP contribution in [-0.2, 0) is 0 Å². The molecule has 1 saturated heterocycles. The van der Waals surface area contributed by atoms with Gasteiger partial charge in [-0.2, -0.15) is 0 Å². The van der Waals surface area contributed by atoms with Gasteiger partial charge in [0.05, 0.1) is 13.2 Å². The third kappa shape index (κ3) is 3.59. The summed E-state index contributed by atoms with van der Waals surface area (Å²) >= 11 is 0. The number of benzene rings is 3. The predicted octanol–water partition coefficient (Wildman–Crippen LogP) is 4.23. The Bertz CT molecular complexity index is 869. The van der Waals surface area contributed by atoms with Crippen molar-refractivity contribution in [3.05, 3.63) is 77.9 Å². The van der Waals surface area contributed by atoms with Crippen LogP contribution in [0.25, 0.3) is 10.8 Å². The van der Waals surface area contributed by atoms with Crippen LogP contribution in [0.5, 0.6) is 5.75 Å². The summed E-state index contributed by atoms with van der Waals surface area (Å²) in [5.41, 5.74) is 2.64. The first-order valence-electron chi connectivity index (χ1n) is 9.42. The maximum Gasteiger partial charge on any atom is 0.119 e. The van der Waals surface area contributed by atoms with Gasteiger partial charge in [-0.1, -0.05) is 48.5 Å². The van der Waals surface area contributed by atoms with Crippen LogP contribution in [0.3, 0.4) is 0 Å². The van der Waals surface area contributed by atoms with Crippen molar-refractivity contribution in [1.29, 1.82) is 0 Å². The highest BCUT2D eigenvalue weighted by Gasteiger charge is 2.23. The fourth-order valence-electron chi connectivity index (χ4n) is 3.93. The molecule has 1 aliphatic rings. The molecule has 3 heteroatoms. The fourth-order valence-corrected chi connectivity index (χ4v) is 3.93. The van der Waals surface area contributed by atoms with E-state index in [1.165, 1.54) is 28.3 Å². The average Bonchev–Trinajstić information content (AvgIpc) is 2.98. The van der Waals surface area contributed by atoms with Gasteiger partial charge >= 0.3 is 0 Å². The maximum atomic E-state index is 5.49. The summed E-state index contributed by atoms with van der Waals surface area (Å²) in [6, 6.07) is 24.2. The van der Waals surface area contributed by atoms with Crippen molar-refractivity contribution in [3.63, 3.8) is 0 Å². The van der Waals surface area contributed by atoms with Gasteiger partial charge in [0.25, 0.3) is 0 Å². The van der Waals surface area contributed by atoms with Gasteiger partial charge < -0.3 is 10.1 Å². The number of nitrogens with one attached hydrogen (secondary N) is 1. The van der Waals surface area contributed by atoms with Crippen LogP contribution in [0.4, 0.5) is 0 Å². The number of hydrogen-bond donors (Lipinski definition) is 1. The van der Waals surface area contributed by atoms with Gasteiger partial charge in [-0.15, -0.1) is 0 Å². The highest BCUT2D eigenvalue weighted by molar-refractivity contribution is 5.83. The number of hydrogen-bond acceptors (Lipinski definition) is 3. The van der Waals surface area contributed by atoms with Crippen molar-refractivity contribution in [2.75, 3.05) is 33.3 Å². The molecule has 1 atom stereocenters. The molecule has 0 aliphatic carbocycles. The number of methoxy groups -OCH3 is 1. The van der Waals surface area contributed by atoms with Crippen molar-refractivity contribution in [2.24, 2.45) is 0 Å². The third-order valence-electron chi connectivity index (χ3n) is 5.24. The van der Waals surface area contributed by atoms with Gasteiger partial charge in [-0.25, -0.2) is 0 Å². The molecule has 26 heavy (non-hydrogen) atoms. The quantitative estimate of drug-likeness (QED) is 0.765. The first kappa shape index (κ1) is 17.1. The largest absolute Gasteiger partial charge is 0.497 e. The molecule has 134 valence electrons. The van der Waals surface area contributed by atoms with Crippen LogP contribution in [-0.4, -0.2) is 38.2 Å². The number of nitrogens with zero attached hydrogens (tertiary/aromatic N) is 1. The summed E-state index contributed by atoms with van der Waals surface area (Å²) < 4.78 is 5.49. The monoisotopic (exact) mass is 346 g/mol. The Kier molecular flexibility index (Phi) is 5.19. The lowest BCUT2D eigenvalue weighted by Crippen LogP contribution is -2.33. The minimum absolute atomic E-state index is 0.245. The lowest BCUT2D eigenvalue weighted by atomic mass is 9.94. The van der Waals surface area contributed by atoms with E-state index in [1.54, 1.807) is 7.11 Å². The molecule has 3 aromatic rings. The molecule has 1 fully saturated rings. The fraction of sp³-hybridized carbons (Fsp3) is 0.304. The van der Waals surface area contributed by atoms with Gasteiger partial charge in [0, 0.05) is 19.6 Å². The topological polar surface area (TPSA) is 24.5 Å². The molecule has 3 aromatic carbocycles. The second-order valence-electron chi connectivity index (χ2n) is 6.93. The standard InChI is InChI=1S/C23H26N2O/c1-26-22-9-4-8-20(17-22)23(25-14-5-12-24-13-15-25)21-11-10-18-6-2-3-7-19(18)16-21/h2-4,6-11,16-17,23-24H,5,12-15H2,1H3. The van der Waals surface area contributed by atoms with Gasteiger partial charge in [0.15, 0.2) is 0 Å². The minimum Gasteiger partial charge on any atom is -0.497 e. The second-order valence-corrected chi connectivity index (χ2v) is 6.93. The molecule has 3 nitrogen and oxygen atoms in total. The number of ether oxygens (including phenoxy) is 1. The van der Waals surface area contributed by atoms with E-state index in [4.69, 9.17) is 4.74 Å². The van der Waals surface area contributed by atoms with Crippen molar-refractivity contribution in [3.8, 4) is 5.75 Å². The molecule has 0 aromatic heterocycles. The molecular formula is C23H26N2O. The smallest absolute Gasteiger partial charge is 0.119 e. The maximum absolute atomic E-state index is 5.49. The molecule has 0 spiro atoms. The Balaban J connectivity index is 1.79. The van der Waals surface area contributed by atoms with Crippen molar-refractivity contribution >= 4 is 10.8 Å². The summed E-state index contributed by atoms with van der Waals surface area (Å²) in [6.45, 7) is 4.28. The lowest BCUT2D eigenvalue weighted by molar-refractivity contribution is 0.241. The molecule has 1 N–H and O–H groups in total. The number of rotatable bonds is 4. The zero-order chi connectivity index (χ0) is 17.8. The minimum atomic E-state index is 0.245. The van der Waals surface area contributed by atoms with Gasteiger partial charge in [0.1, 0.15) is 5.75 Å². The van der Waals surface area contributed by atoms with E-state index >= 15 is 0 Å². The second kappa shape index (κ2) is 7.90. The zero-order valence-corrected chi connectivity index (χ0v) is 15.3. The molecule has 1 heterocycles. The summed E-state index contributed by atoms with van der Waals surface area (Å²) in [6.07, 6.45) is 1.17. The van der Waals surface area contributed by atoms with Gasteiger partial charge in [-0.05, 0) is 53.1 Å². The molecule has 0 radical (unpaired) electrons. The summed E-state index contributed by atoms with van der Waals surface area (Å²) in [7, 11) is 1.74. The van der Waals surface area contributed by atoms with Crippen LogP contribution in [0, 0.1) is 0 Å². The van der Waals surface area contributed by atoms with E-state index in [9.17, 15) is 0 Å². The van der Waals surface area contributed by atoms with Gasteiger partial charge in [-0.3, -0.25) is 4.90 Å². The van der Waals surface area contributed by atoms with E-state index in [0.29, 0.717) is 0 Å². The van der Waals surface area contributed by atoms with Gasteiger partial charge in [0.2, 0.25) is 0 Å². The Labute approximate surface area is 155 Å². The SMILES string of the molecule is COc1cccc(C(c2ccc3ccccc3c2)N2CCCNCC2)c1. The predicted molar refractivity (Wildman–Crippen MR) is 108 cm³/mol. The Hall–Kier alpha value is -2.36. The molecule has 4 rings (SSSR count). The average molecular weight is 346 g/mol. The van der Waals surface area contributed by atoms with Crippen LogP contribution >= 0.6 is 0 Å². The van der Waals surface area contributed by atoms with E-state index in [-0.39, 0.29) is 6.04 Å². The van der Waals surface area contributed by atoms with Crippen molar-refractivity contribution in [2.45, 2.75) is 12.5 Å². The van der Waals surface area contributed by atoms with Crippen LogP contribution < -0.4 is 10.1 Å². The van der Waals surface area contributed by atoms with E-state index in [1.807, 2.05) is 6.07 Å². The Morgan fingerprint density at radius 1 is 0.846 bits per heavy atom. The normalized spacial score (nSPS) is 17.0. The highest BCUT2D eigenvalue weighted by Crippen LogP contribution is 2.32. The molecule has 1 unspecified atom stereocenters. The van der Waals surface area contributed by atoms with Crippen molar-refractivity contribution in [1.82, 2.24) is 10.2 Å². The third-order valence-corrected chi connectivity index (χ3v) is 5.24. The molecule has 0 saturated carbocycles. The van der Waals surface area contributed by atoms with Crippen LogP contribution in [0.15, 0.2) is 66.7 Å². The lowest BCUT2D eigenvalue weighted by Gasteiger charge is -2.31. The molecule has 0 amide bonds. The highest BCUT2D eigenvalue weighted by atomic mass is 16.5. The summed E-state index contributed by atoms with van der Waals surface area (Å²) in [5.74, 6) is 0.918. The zero-order valence-electron chi connectivity index (χ0n) is 15.3. The summed E-state index contributed by atoms with van der Waals surface area (Å²) in [5, 5.41) is 6.11. The van der Waals surface area contributed by atoms with Crippen LogP contribution in [0.2, 0.25) is 0 Å². The Morgan fingerprint density at radius 2 is 1.69 bits per heavy atom. The van der Waals surface area contributed by atoms with E-state index in [0.717, 1.165) is 31.9 Å². The Morgan fingerprint density at radius 3 is 2.58 bits per heavy atom. The molecular weight excluding hydrogens is 320 g/mol. The molecule has 1 aliphatic heterocycles. The van der Waals surface area contributed by atoms with E-state index < -0.39 is 0 Å². The van der Waals surface area contributed by atoms with Crippen molar-refractivity contribution < 1.29 is 4.74 Å². The van der Waals surface area contributed by atoms with Crippen LogP contribution in [0.1, 0.15) is 23.6 Å². The molecule has 0 bridgehead atoms. The first-order valence-corrected chi connectivity index (χ1v) is 9.42. The first-order chi connectivity index (χ1) is 12.8.